The van der Waals surface area contributed by atoms with Crippen LogP contribution in [-0.2, 0) is 0 Å². The van der Waals surface area contributed by atoms with Gasteiger partial charge in [0.05, 0.1) is 16.9 Å². The molecule has 0 unspecified atom stereocenters. The first kappa shape index (κ1) is 15.0. The Bertz CT molecular complexity index is 867. The smallest absolute Gasteiger partial charge is 0.311 e. The second kappa shape index (κ2) is 6.05. The zero-order valence-electron chi connectivity index (χ0n) is 12.0. The maximum atomic E-state index is 11.2. The third kappa shape index (κ3) is 2.86. The van der Waals surface area contributed by atoms with Crippen molar-refractivity contribution in [3.05, 3.63) is 46.8 Å². The van der Waals surface area contributed by atoms with E-state index in [4.69, 9.17) is 10.2 Å². The summed E-state index contributed by atoms with van der Waals surface area (Å²) in [6, 6.07) is 6.41. The van der Waals surface area contributed by atoms with Crippen LogP contribution >= 0.6 is 11.8 Å². The molecule has 0 fully saturated rings. The lowest BCUT2D eigenvalue weighted by Gasteiger charge is -2.08. The second-order valence-electron chi connectivity index (χ2n) is 4.45. The second-order valence-corrected chi connectivity index (χ2v) is 5.23. The highest BCUT2D eigenvalue weighted by atomic mass is 32.2. The minimum Gasteiger partial charge on any atom is -0.463 e. The first-order chi connectivity index (χ1) is 11.1. The molecule has 0 radical (unpaired) electrons. The van der Waals surface area contributed by atoms with E-state index in [0.29, 0.717) is 27.9 Å². The number of nitrogens with two attached hydrogens (primary N) is 1. The van der Waals surface area contributed by atoms with E-state index in [1.165, 1.54) is 24.1 Å². The molecule has 8 nitrogen and oxygen atoms in total. The van der Waals surface area contributed by atoms with E-state index in [0.717, 1.165) is 0 Å². The number of nitrogens with zero attached hydrogens (tertiary/aromatic N) is 4. The standard InChI is InChI=1S/C14H11N5O3S/c1-23-14-16-5-4-9(17-14)8-7-10(19(20)21)13(15)18-12(8)11-3-2-6-22-11/h2-7H,1H3,(H2,15,18). The predicted octanol–water partition coefficient (Wildman–Crippen LogP) is 3.01. The third-order valence-corrected chi connectivity index (χ3v) is 3.64. The number of aromatic nitrogens is 3. The maximum Gasteiger partial charge on any atom is 0.311 e. The van der Waals surface area contributed by atoms with E-state index in [1.54, 1.807) is 24.4 Å². The number of rotatable bonds is 4. The first-order valence-corrected chi connectivity index (χ1v) is 7.69. The van der Waals surface area contributed by atoms with Crippen LogP contribution < -0.4 is 5.73 Å². The summed E-state index contributed by atoms with van der Waals surface area (Å²) in [6.45, 7) is 0. The van der Waals surface area contributed by atoms with Crippen LogP contribution in [0.1, 0.15) is 0 Å². The normalized spacial score (nSPS) is 10.7. The van der Waals surface area contributed by atoms with Gasteiger partial charge in [0.2, 0.25) is 5.82 Å². The number of furan rings is 1. The highest BCUT2D eigenvalue weighted by Gasteiger charge is 2.22. The molecule has 23 heavy (non-hydrogen) atoms. The van der Waals surface area contributed by atoms with Crippen LogP contribution in [-0.4, -0.2) is 26.1 Å². The van der Waals surface area contributed by atoms with E-state index < -0.39 is 4.92 Å². The van der Waals surface area contributed by atoms with Gasteiger partial charge in [0.25, 0.3) is 0 Å². The molecule has 0 aliphatic rings. The zero-order chi connectivity index (χ0) is 16.4. The Hall–Kier alpha value is -2.94. The van der Waals surface area contributed by atoms with Crippen molar-refractivity contribution in [2.24, 2.45) is 0 Å². The van der Waals surface area contributed by atoms with Crippen molar-refractivity contribution in [2.75, 3.05) is 12.0 Å². The fourth-order valence-corrected chi connectivity index (χ4v) is 2.40. The van der Waals surface area contributed by atoms with Gasteiger partial charge < -0.3 is 10.2 Å². The fraction of sp³-hybridized carbons (Fsp3) is 0.0714. The van der Waals surface area contributed by atoms with Gasteiger partial charge in [-0.15, -0.1) is 0 Å². The van der Waals surface area contributed by atoms with Crippen LogP contribution in [0.3, 0.4) is 0 Å². The minimum atomic E-state index is -0.575. The average molecular weight is 329 g/mol. The number of thioether (sulfide) groups is 1. The summed E-state index contributed by atoms with van der Waals surface area (Å²) in [6.07, 6.45) is 4.92. The molecule has 0 spiro atoms. The Balaban J connectivity index is 2.27. The van der Waals surface area contributed by atoms with Gasteiger partial charge in [-0.2, -0.15) is 0 Å². The van der Waals surface area contributed by atoms with Crippen molar-refractivity contribution in [1.29, 1.82) is 0 Å². The quantitative estimate of drug-likeness (QED) is 0.335. The van der Waals surface area contributed by atoms with Crippen LogP contribution in [0.2, 0.25) is 0 Å². The SMILES string of the molecule is CSc1nccc(-c2cc([N+](=O)[O-])c(N)nc2-c2ccco2)n1. The van der Waals surface area contributed by atoms with Crippen LogP contribution in [0, 0.1) is 10.1 Å². The Morgan fingerprint density at radius 1 is 1.35 bits per heavy atom. The summed E-state index contributed by atoms with van der Waals surface area (Å²) in [5.74, 6) is 0.273. The van der Waals surface area contributed by atoms with Gasteiger partial charge in [-0.1, -0.05) is 11.8 Å². The van der Waals surface area contributed by atoms with Gasteiger partial charge in [-0.3, -0.25) is 10.1 Å². The van der Waals surface area contributed by atoms with Crippen LogP contribution in [0.5, 0.6) is 0 Å². The van der Waals surface area contributed by atoms with E-state index in [2.05, 4.69) is 15.0 Å². The summed E-state index contributed by atoms with van der Waals surface area (Å²) in [7, 11) is 0. The lowest BCUT2D eigenvalue weighted by molar-refractivity contribution is -0.384. The number of hydrogen-bond donors (Lipinski definition) is 1. The van der Waals surface area contributed by atoms with Crippen molar-refractivity contribution in [1.82, 2.24) is 15.0 Å². The molecule has 0 bridgehead atoms. The van der Waals surface area contributed by atoms with Crippen molar-refractivity contribution in [2.45, 2.75) is 5.16 Å². The van der Waals surface area contributed by atoms with Gasteiger partial charge in [-0.05, 0) is 24.5 Å². The highest BCUT2D eigenvalue weighted by molar-refractivity contribution is 7.98. The summed E-state index contributed by atoms with van der Waals surface area (Å²) < 4.78 is 5.36. The Kier molecular flexibility index (Phi) is 3.94. The average Bonchev–Trinajstić information content (AvgIpc) is 3.08. The van der Waals surface area contributed by atoms with Crippen molar-refractivity contribution in [3.8, 4) is 22.7 Å². The molecule has 0 saturated heterocycles. The molecule has 116 valence electrons. The van der Waals surface area contributed by atoms with E-state index in [9.17, 15) is 10.1 Å². The monoisotopic (exact) mass is 329 g/mol. The predicted molar refractivity (Wildman–Crippen MR) is 85.8 cm³/mol. The summed E-state index contributed by atoms with van der Waals surface area (Å²) in [5.41, 5.74) is 6.78. The maximum absolute atomic E-state index is 11.2. The number of hydrogen-bond acceptors (Lipinski definition) is 8. The topological polar surface area (TPSA) is 121 Å². The Labute approximate surface area is 134 Å². The number of nitro groups is 1. The molecule has 0 amide bonds. The van der Waals surface area contributed by atoms with Crippen molar-refractivity contribution < 1.29 is 9.34 Å². The molecule has 0 aliphatic heterocycles. The van der Waals surface area contributed by atoms with Gasteiger partial charge in [0, 0.05) is 17.8 Å². The molecule has 2 N–H and O–H groups in total. The van der Waals surface area contributed by atoms with Gasteiger partial charge in [-0.25, -0.2) is 15.0 Å². The molecule has 0 saturated carbocycles. The summed E-state index contributed by atoms with van der Waals surface area (Å²) in [4.78, 5) is 23.2. The van der Waals surface area contributed by atoms with E-state index in [1.807, 2.05) is 6.26 Å². The number of anilines is 1. The Morgan fingerprint density at radius 3 is 2.83 bits per heavy atom. The molecular weight excluding hydrogens is 318 g/mol. The zero-order valence-corrected chi connectivity index (χ0v) is 12.8. The van der Waals surface area contributed by atoms with Gasteiger partial charge >= 0.3 is 5.69 Å². The largest absolute Gasteiger partial charge is 0.463 e. The van der Waals surface area contributed by atoms with Gasteiger partial charge in [0.1, 0.15) is 5.69 Å². The molecule has 0 atom stereocenters. The third-order valence-electron chi connectivity index (χ3n) is 3.07. The summed E-state index contributed by atoms with van der Waals surface area (Å²) in [5, 5.41) is 11.7. The fourth-order valence-electron chi connectivity index (χ4n) is 2.05. The lowest BCUT2D eigenvalue weighted by Crippen LogP contribution is -2.02. The molecule has 3 aromatic heterocycles. The molecule has 0 aromatic carbocycles. The van der Waals surface area contributed by atoms with Gasteiger partial charge in [0.15, 0.2) is 10.9 Å². The highest BCUT2D eigenvalue weighted by Crippen LogP contribution is 2.35. The van der Waals surface area contributed by atoms with E-state index in [-0.39, 0.29) is 11.5 Å². The number of nitrogen functional groups attached to an aromatic ring is 1. The summed E-state index contributed by atoms with van der Waals surface area (Å²) >= 11 is 1.37. The molecule has 9 heteroatoms. The van der Waals surface area contributed by atoms with Crippen LogP contribution in [0.15, 0.2) is 46.3 Å². The molecular formula is C14H11N5O3S. The van der Waals surface area contributed by atoms with E-state index >= 15 is 0 Å². The molecule has 3 aromatic rings. The van der Waals surface area contributed by atoms with Crippen molar-refractivity contribution in [3.63, 3.8) is 0 Å². The van der Waals surface area contributed by atoms with Crippen molar-refractivity contribution >= 4 is 23.3 Å². The first-order valence-electron chi connectivity index (χ1n) is 6.46. The Morgan fingerprint density at radius 2 is 2.17 bits per heavy atom. The molecule has 3 rings (SSSR count). The van der Waals surface area contributed by atoms with Crippen LogP contribution in [0.4, 0.5) is 11.5 Å². The lowest BCUT2D eigenvalue weighted by atomic mass is 10.1. The minimum absolute atomic E-state index is 0.177. The van der Waals surface area contributed by atoms with Crippen LogP contribution in [0.25, 0.3) is 22.7 Å². The molecule has 0 aliphatic carbocycles. The number of pyridine rings is 1. The molecule has 3 heterocycles.